The number of carbonyl (C=O) groups excluding carboxylic acids is 1. The summed E-state index contributed by atoms with van der Waals surface area (Å²) < 4.78 is 1.37. The molecule has 0 saturated carbocycles. The maximum absolute atomic E-state index is 11.5. The molecule has 0 saturated heterocycles. The molecule has 0 fully saturated rings. The number of rotatable bonds is 2. The number of likely N-dealkylation sites (N-methyl/N-ethyl adjacent to an activating group) is 1. The van der Waals surface area contributed by atoms with Gasteiger partial charge >= 0.3 is 0 Å². The van der Waals surface area contributed by atoms with Crippen LogP contribution in [-0.2, 0) is 11.3 Å². The maximum Gasteiger partial charge on any atom is 0.251 e. The van der Waals surface area contributed by atoms with Crippen molar-refractivity contribution in [3.05, 3.63) is 28.2 Å². The van der Waals surface area contributed by atoms with Crippen LogP contribution in [0.3, 0.4) is 0 Å². The smallest absolute Gasteiger partial charge is 0.251 e. The van der Waals surface area contributed by atoms with Crippen LogP contribution in [-0.4, -0.2) is 29.5 Å². The van der Waals surface area contributed by atoms with Crippen molar-refractivity contribution < 1.29 is 4.79 Å². The summed E-state index contributed by atoms with van der Waals surface area (Å²) in [7, 11) is 3.30. The van der Waals surface area contributed by atoms with Crippen molar-refractivity contribution in [2.24, 2.45) is 0 Å². The second-order valence-electron chi connectivity index (χ2n) is 3.59. The molecule has 0 aliphatic heterocycles. The fourth-order valence-electron chi connectivity index (χ4n) is 1.17. The Labute approximate surface area is 88.1 Å². The Balaban J connectivity index is 3.10. The van der Waals surface area contributed by atoms with E-state index in [4.69, 9.17) is 5.73 Å². The van der Waals surface area contributed by atoms with Gasteiger partial charge in [0.05, 0.1) is 5.69 Å². The van der Waals surface area contributed by atoms with E-state index in [1.807, 2.05) is 0 Å². The van der Waals surface area contributed by atoms with E-state index in [0.29, 0.717) is 11.4 Å². The Hall–Kier alpha value is -1.78. The molecule has 0 unspecified atom stereocenters. The van der Waals surface area contributed by atoms with Gasteiger partial charge in [-0.3, -0.25) is 9.59 Å². The van der Waals surface area contributed by atoms with Gasteiger partial charge in [0.25, 0.3) is 5.56 Å². The summed E-state index contributed by atoms with van der Waals surface area (Å²) in [6.45, 7) is 1.75. The SMILES string of the molecule is Cc1c(N)ccc(=O)n1CC(=O)N(C)C. The van der Waals surface area contributed by atoms with E-state index < -0.39 is 0 Å². The lowest BCUT2D eigenvalue weighted by molar-refractivity contribution is -0.129. The highest BCUT2D eigenvalue weighted by Gasteiger charge is 2.09. The van der Waals surface area contributed by atoms with E-state index in [0.717, 1.165) is 0 Å². The first-order chi connectivity index (χ1) is 6.93. The molecule has 5 heteroatoms. The molecule has 0 spiro atoms. The lowest BCUT2D eigenvalue weighted by Gasteiger charge is -2.14. The fourth-order valence-corrected chi connectivity index (χ4v) is 1.17. The topological polar surface area (TPSA) is 68.3 Å². The average Bonchev–Trinajstić information content (AvgIpc) is 2.18. The lowest BCUT2D eigenvalue weighted by atomic mass is 10.3. The number of pyridine rings is 1. The third-order valence-corrected chi connectivity index (χ3v) is 2.29. The minimum Gasteiger partial charge on any atom is -0.397 e. The van der Waals surface area contributed by atoms with Crippen LogP contribution < -0.4 is 11.3 Å². The number of nitrogens with zero attached hydrogens (tertiary/aromatic N) is 2. The number of hydrogen-bond acceptors (Lipinski definition) is 3. The van der Waals surface area contributed by atoms with Gasteiger partial charge in [0, 0.05) is 25.9 Å². The van der Waals surface area contributed by atoms with E-state index in [1.54, 1.807) is 27.1 Å². The van der Waals surface area contributed by atoms with Crippen molar-refractivity contribution in [2.45, 2.75) is 13.5 Å². The number of nitrogen functional groups attached to an aromatic ring is 1. The van der Waals surface area contributed by atoms with Crippen molar-refractivity contribution in [1.29, 1.82) is 0 Å². The van der Waals surface area contributed by atoms with Gasteiger partial charge in [0.1, 0.15) is 6.54 Å². The molecule has 0 aromatic carbocycles. The molecule has 0 radical (unpaired) electrons. The Morgan fingerprint density at radius 2 is 2.07 bits per heavy atom. The van der Waals surface area contributed by atoms with E-state index >= 15 is 0 Å². The first-order valence-corrected chi connectivity index (χ1v) is 4.59. The van der Waals surface area contributed by atoms with Crippen molar-refractivity contribution in [2.75, 3.05) is 19.8 Å². The summed E-state index contributed by atoms with van der Waals surface area (Å²) in [5.74, 6) is -0.134. The molecule has 1 aromatic heterocycles. The second-order valence-corrected chi connectivity index (χ2v) is 3.59. The summed E-state index contributed by atoms with van der Waals surface area (Å²) in [5, 5.41) is 0. The van der Waals surface area contributed by atoms with Crippen LogP contribution in [0.2, 0.25) is 0 Å². The number of anilines is 1. The normalized spacial score (nSPS) is 10.1. The molecule has 0 atom stereocenters. The molecular weight excluding hydrogens is 194 g/mol. The van der Waals surface area contributed by atoms with Crippen molar-refractivity contribution in [3.63, 3.8) is 0 Å². The van der Waals surface area contributed by atoms with Crippen LogP contribution in [0.1, 0.15) is 5.69 Å². The van der Waals surface area contributed by atoms with Crippen molar-refractivity contribution in [1.82, 2.24) is 9.47 Å². The Morgan fingerprint density at radius 1 is 1.47 bits per heavy atom. The van der Waals surface area contributed by atoms with Gasteiger partial charge in [0.15, 0.2) is 0 Å². The van der Waals surface area contributed by atoms with Crippen LogP contribution in [0.5, 0.6) is 0 Å². The molecule has 1 aromatic rings. The van der Waals surface area contributed by atoms with Gasteiger partial charge in [-0.2, -0.15) is 0 Å². The minimum absolute atomic E-state index is 0.0305. The van der Waals surface area contributed by atoms with E-state index in [1.165, 1.54) is 15.5 Å². The predicted molar refractivity (Wildman–Crippen MR) is 58.5 cm³/mol. The highest BCUT2D eigenvalue weighted by atomic mass is 16.2. The second kappa shape index (κ2) is 4.16. The van der Waals surface area contributed by atoms with Crippen LogP contribution in [0.25, 0.3) is 0 Å². The molecule has 5 nitrogen and oxygen atoms in total. The Bertz CT molecular complexity index is 435. The molecule has 1 rings (SSSR count). The van der Waals surface area contributed by atoms with E-state index in [-0.39, 0.29) is 18.0 Å². The zero-order valence-electron chi connectivity index (χ0n) is 9.15. The van der Waals surface area contributed by atoms with Gasteiger partial charge in [-0.1, -0.05) is 0 Å². The fraction of sp³-hybridized carbons (Fsp3) is 0.400. The zero-order valence-corrected chi connectivity index (χ0v) is 9.15. The van der Waals surface area contributed by atoms with Crippen LogP contribution >= 0.6 is 0 Å². The highest BCUT2D eigenvalue weighted by Crippen LogP contribution is 2.06. The van der Waals surface area contributed by atoms with Crippen LogP contribution in [0, 0.1) is 6.92 Å². The average molecular weight is 209 g/mol. The van der Waals surface area contributed by atoms with E-state index in [9.17, 15) is 9.59 Å². The van der Waals surface area contributed by atoms with Gasteiger partial charge in [-0.15, -0.1) is 0 Å². The third kappa shape index (κ3) is 2.37. The standard InChI is InChI=1S/C10H15N3O2/c1-7-8(11)4-5-9(14)13(7)6-10(15)12(2)3/h4-5H,6,11H2,1-3H3. The molecule has 0 bridgehead atoms. The largest absolute Gasteiger partial charge is 0.397 e. The number of hydrogen-bond donors (Lipinski definition) is 1. The Kier molecular flexibility index (Phi) is 3.14. The maximum atomic E-state index is 11.5. The Morgan fingerprint density at radius 3 is 2.60 bits per heavy atom. The highest BCUT2D eigenvalue weighted by molar-refractivity contribution is 5.75. The molecule has 1 heterocycles. The number of nitrogens with two attached hydrogens (primary N) is 1. The van der Waals surface area contributed by atoms with Crippen LogP contribution in [0.15, 0.2) is 16.9 Å². The number of carbonyl (C=O) groups is 1. The molecule has 15 heavy (non-hydrogen) atoms. The van der Waals surface area contributed by atoms with Gasteiger partial charge in [-0.05, 0) is 13.0 Å². The zero-order chi connectivity index (χ0) is 11.6. The molecule has 0 aliphatic carbocycles. The molecule has 0 aliphatic rings. The van der Waals surface area contributed by atoms with E-state index in [2.05, 4.69) is 0 Å². The number of amides is 1. The summed E-state index contributed by atoms with van der Waals surface area (Å²) >= 11 is 0. The minimum atomic E-state index is -0.211. The molecular formula is C10H15N3O2. The summed E-state index contributed by atoms with van der Waals surface area (Å²) in [6.07, 6.45) is 0. The van der Waals surface area contributed by atoms with Crippen molar-refractivity contribution >= 4 is 11.6 Å². The third-order valence-electron chi connectivity index (χ3n) is 2.29. The molecule has 2 N–H and O–H groups in total. The predicted octanol–water partition coefficient (Wildman–Crippen LogP) is -0.173. The van der Waals surface area contributed by atoms with Crippen molar-refractivity contribution in [3.8, 4) is 0 Å². The first kappa shape index (κ1) is 11.3. The summed E-state index contributed by atoms with van der Waals surface area (Å²) in [5.41, 5.74) is 6.58. The molecule has 1 amide bonds. The lowest BCUT2D eigenvalue weighted by Crippen LogP contribution is -2.32. The summed E-state index contributed by atoms with van der Waals surface area (Å²) in [6, 6.07) is 2.92. The summed E-state index contributed by atoms with van der Waals surface area (Å²) in [4.78, 5) is 24.4. The van der Waals surface area contributed by atoms with Gasteiger partial charge in [-0.25, -0.2) is 0 Å². The molecule has 82 valence electrons. The van der Waals surface area contributed by atoms with Gasteiger partial charge < -0.3 is 15.2 Å². The van der Waals surface area contributed by atoms with Gasteiger partial charge in [0.2, 0.25) is 5.91 Å². The van der Waals surface area contributed by atoms with Crippen LogP contribution in [0.4, 0.5) is 5.69 Å². The quantitative estimate of drug-likeness (QED) is 0.735. The number of aromatic nitrogens is 1. The monoisotopic (exact) mass is 209 g/mol. The first-order valence-electron chi connectivity index (χ1n) is 4.59.